The molecule has 53 heavy (non-hydrogen) atoms. The van der Waals surface area contributed by atoms with E-state index in [-0.39, 0.29) is 92.6 Å². The Balaban J connectivity index is 1.13. The summed E-state index contributed by atoms with van der Waals surface area (Å²) in [7, 11) is 1.61. The van der Waals surface area contributed by atoms with E-state index < -0.39 is 67.1 Å². The normalized spacial score (nSPS) is 47.7. The van der Waals surface area contributed by atoms with Crippen LogP contribution in [0.2, 0.25) is 0 Å². The van der Waals surface area contributed by atoms with E-state index in [4.69, 9.17) is 38.9 Å². The molecule has 1 unspecified atom stereocenters. The number of rotatable bonds is 4. The van der Waals surface area contributed by atoms with Crippen LogP contribution in [0.15, 0.2) is 24.3 Å². The maximum atomic E-state index is 13.9. The molecule has 13 nitrogen and oxygen atoms in total. The van der Waals surface area contributed by atoms with Crippen LogP contribution in [0.4, 0.5) is 0 Å². The maximum absolute atomic E-state index is 13.9. The maximum Gasteiger partial charge on any atom is 0.135 e. The van der Waals surface area contributed by atoms with Gasteiger partial charge in [-0.1, -0.05) is 20.1 Å². The third kappa shape index (κ3) is 8.56. The molecular weight excluding hydrogens is 686 g/mol. The number of methoxy groups -OCH3 is 1. The quantitative estimate of drug-likeness (QED) is 0.308. The molecule has 0 aromatic heterocycles. The summed E-state index contributed by atoms with van der Waals surface area (Å²) < 4.78 is 44.7. The van der Waals surface area contributed by atoms with Crippen LogP contribution in [0.5, 0.6) is 0 Å². The fourth-order valence-electron chi connectivity index (χ4n) is 10.2. The second-order valence-corrected chi connectivity index (χ2v) is 16.9. The van der Waals surface area contributed by atoms with Crippen LogP contribution in [0, 0.1) is 11.8 Å². The fraction of sp³-hybridized carbons (Fsp3) is 0.850. The average molecular weight is 748 g/mol. The Kier molecular flexibility index (Phi) is 12.6. The first-order valence-electron chi connectivity index (χ1n) is 20.0. The number of nitrogens with two attached hydrogens (primary N) is 1. The number of aliphatic hydroxyl groups excluding tert-OH is 3. The molecule has 13 heteroatoms. The minimum absolute atomic E-state index is 0.00748. The van der Waals surface area contributed by atoms with Crippen molar-refractivity contribution in [3.63, 3.8) is 0 Å². The highest BCUT2D eigenvalue weighted by Crippen LogP contribution is 2.43. The van der Waals surface area contributed by atoms with Crippen LogP contribution in [-0.2, 0) is 42.7 Å². The van der Waals surface area contributed by atoms with Gasteiger partial charge in [0.15, 0.2) is 0 Å². The van der Waals surface area contributed by atoms with Gasteiger partial charge in [0.25, 0.3) is 0 Å². The van der Waals surface area contributed by atoms with Crippen LogP contribution in [0.1, 0.15) is 90.4 Å². The van der Waals surface area contributed by atoms with Crippen LogP contribution in [0.25, 0.3) is 0 Å². The molecule has 7 aliphatic heterocycles. The number of carbonyl (C=O) groups excluding carboxylic acids is 2. The first kappa shape index (κ1) is 39.6. The molecule has 0 amide bonds. The van der Waals surface area contributed by atoms with E-state index in [9.17, 15) is 24.9 Å². The van der Waals surface area contributed by atoms with Gasteiger partial charge in [-0.3, -0.25) is 9.59 Å². The highest BCUT2D eigenvalue weighted by Gasteiger charge is 2.57. The Bertz CT molecular complexity index is 1340. The molecule has 5 N–H and O–H groups in total. The summed E-state index contributed by atoms with van der Waals surface area (Å²) in [5.74, 6) is -0.137. The van der Waals surface area contributed by atoms with Gasteiger partial charge in [0.05, 0.1) is 67.1 Å². The minimum atomic E-state index is -1.16. The summed E-state index contributed by atoms with van der Waals surface area (Å²) in [5.41, 5.74) is 7.81. The van der Waals surface area contributed by atoms with E-state index in [1.165, 1.54) is 0 Å². The highest BCUT2D eigenvalue weighted by atomic mass is 16.6. The third-order valence-corrected chi connectivity index (χ3v) is 13.1. The fourth-order valence-corrected chi connectivity index (χ4v) is 10.2. The summed E-state index contributed by atoms with van der Waals surface area (Å²) in [5, 5.41) is 32.8. The zero-order chi connectivity index (χ0) is 37.6. The zero-order valence-electron chi connectivity index (χ0n) is 31.3. The third-order valence-electron chi connectivity index (χ3n) is 13.1. The van der Waals surface area contributed by atoms with Gasteiger partial charge in [0, 0.05) is 58.1 Å². The van der Waals surface area contributed by atoms with E-state index in [2.05, 4.69) is 20.1 Å². The number of hydrogen-bond donors (Lipinski definition) is 4. The molecule has 298 valence electrons. The first-order valence-corrected chi connectivity index (χ1v) is 20.0. The molecule has 0 spiro atoms. The van der Waals surface area contributed by atoms with E-state index in [1.807, 2.05) is 0 Å². The van der Waals surface area contributed by atoms with Gasteiger partial charge in [0.1, 0.15) is 42.1 Å². The largest absolute Gasteiger partial charge is 0.392 e. The van der Waals surface area contributed by atoms with Crippen molar-refractivity contribution in [1.29, 1.82) is 0 Å². The molecule has 7 aliphatic rings. The second kappa shape index (κ2) is 16.9. The molecule has 9 bridgehead atoms. The first-order chi connectivity index (χ1) is 25.4. The van der Waals surface area contributed by atoms with Gasteiger partial charge in [-0.25, -0.2) is 0 Å². The Morgan fingerprint density at radius 2 is 1.49 bits per heavy atom. The van der Waals surface area contributed by atoms with Crippen molar-refractivity contribution in [3.8, 4) is 0 Å². The summed E-state index contributed by atoms with van der Waals surface area (Å²) in [6.07, 6.45) is -2.82. The molecule has 7 saturated heterocycles. The van der Waals surface area contributed by atoms with E-state index >= 15 is 0 Å². The van der Waals surface area contributed by atoms with Gasteiger partial charge >= 0.3 is 0 Å². The molecule has 0 saturated carbocycles. The lowest BCUT2D eigenvalue weighted by atomic mass is 9.81. The lowest BCUT2D eigenvalue weighted by molar-refractivity contribution is -0.333. The number of Topliss-reactive ketones (excluding diaryl/α,β-unsaturated/α-hetero) is 2. The molecule has 0 aromatic rings. The van der Waals surface area contributed by atoms with Gasteiger partial charge in [-0.2, -0.15) is 0 Å². The topological polar surface area (TPSA) is 185 Å². The average Bonchev–Trinajstić information content (AvgIpc) is 3.64. The summed E-state index contributed by atoms with van der Waals surface area (Å²) in [6.45, 7) is 11.0. The predicted molar refractivity (Wildman–Crippen MR) is 191 cm³/mol. The molecule has 7 heterocycles. The van der Waals surface area contributed by atoms with Crippen LogP contribution < -0.4 is 5.73 Å². The van der Waals surface area contributed by atoms with E-state index in [0.717, 1.165) is 30.4 Å². The predicted octanol–water partition coefficient (Wildman–Crippen LogP) is 2.24. The smallest absolute Gasteiger partial charge is 0.135 e. The molecule has 0 aromatic carbocycles. The van der Waals surface area contributed by atoms with Gasteiger partial charge in [-0.15, -0.1) is 0 Å². The monoisotopic (exact) mass is 747 g/mol. The van der Waals surface area contributed by atoms with E-state index in [0.29, 0.717) is 32.1 Å². The van der Waals surface area contributed by atoms with Crippen LogP contribution in [0.3, 0.4) is 0 Å². The number of hydrogen-bond acceptors (Lipinski definition) is 13. The van der Waals surface area contributed by atoms with Crippen LogP contribution >= 0.6 is 0 Å². The van der Waals surface area contributed by atoms with Gasteiger partial charge in [-0.05, 0) is 62.0 Å². The number of ketones is 2. The molecular formula is C40H61NO12. The SMILES string of the molecule is C=C1C[C@@H]2CCC(=O)C[C@@H]3O[C@@H]4C(O)[C@@H](O[C@H]5CC[C@H](CC(=O)C[C@@H]6[C@@H](OC)[C@@H](C[C@H](O)CN)O[C@H]6C[C@H]6O[C@@H](CC[C@@H]1O2)C[C@@H](C)C6=C)O[C@@H]54)[C@H]3O. The Morgan fingerprint density at radius 3 is 2.26 bits per heavy atom. The Hall–Kier alpha value is -1.62. The van der Waals surface area contributed by atoms with Crippen molar-refractivity contribution in [2.24, 2.45) is 17.6 Å². The lowest BCUT2D eigenvalue weighted by Gasteiger charge is -2.54. The second-order valence-electron chi connectivity index (χ2n) is 16.9. The number of ether oxygens (including phenoxy) is 7. The van der Waals surface area contributed by atoms with Crippen molar-refractivity contribution >= 4 is 11.6 Å². The van der Waals surface area contributed by atoms with Crippen molar-refractivity contribution in [1.82, 2.24) is 0 Å². The van der Waals surface area contributed by atoms with Gasteiger partial charge < -0.3 is 54.2 Å². The Morgan fingerprint density at radius 1 is 0.755 bits per heavy atom. The Labute approximate surface area is 312 Å². The molecule has 18 atom stereocenters. The van der Waals surface area contributed by atoms with Crippen molar-refractivity contribution in [2.75, 3.05) is 13.7 Å². The zero-order valence-corrected chi connectivity index (χ0v) is 31.3. The van der Waals surface area contributed by atoms with Crippen LogP contribution in [-0.4, -0.2) is 138 Å². The van der Waals surface area contributed by atoms with Gasteiger partial charge in [0.2, 0.25) is 0 Å². The summed E-state index contributed by atoms with van der Waals surface area (Å²) in [4.78, 5) is 27.2. The molecule has 0 radical (unpaired) electrons. The summed E-state index contributed by atoms with van der Waals surface area (Å²) in [6, 6.07) is 0. The minimum Gasteiger partial charge on any atom is -0.392 e. The molecule has 7 rings (SSSR count). The molecule has 0 aliphatic carbocycles. The van der Waals surface area contributed by atoms with Crippen molar-refractivity contribution < 1.29 is 58.1 Å². The van der Waals surface area contributed by atoms with E-state index in [1.54, 1.807) is 7.11 Å². The standard InChI is InChI=1S/C40H61NO12/c1-19-11-26-7-9-29-20(2)12-25(48-29)6-5-22(42)15-33-35(45)39-36(46)40(53-33)38-30(52-39)10-8-27(50-38)13-23(43)14-28-32(17-31(49-26)21(19)3)51-34(37(28)47-4)16-24(44)18-41/h19,24-40,44-46H,2-3,5-18,41H2,1,4H3/t19-,24+,25+,26+,27-,28+,29+,30+,31-,32+,33+,34-,35+,36?,37-,38+,39+,40-/m1/s1. The molecule has 7 fully saturated rings. The lowest BCUT2D eigenvalue weighted by Crippen LogP contribution is -2.70. The highest BCUT2D eigenvalue weighted by molar-refractivity contribution is 5.79. The summed E-state index contributed by atoms with van der Waals surface area (Å²) >= 11 is 0. The van der Waals surface area contributed by atoms with Crippen molar-refractivity contribution in [3.05, 3.63) is 24.3 Å². The van der Waals surface area contributed by atoms with Crippen molar-refractivity contribution in [2.45, 2.75) is 188 Å². The number of aliphatic hydroxyl groups is 3. The number of fused-ring (bicyclic) bond motifs is 8. The number of carbonyl (C=O) groups is 2.